The Morgan fingerprint density at radius 3 is 2.50 bits per heavy atom. The van der Waals surface area contributed by atoms with Crippen LogP contribution in [0.3, 0.4) is 0 Å². The van der Waals surface area contributed by atoms with Gasteiger partial charge in [-0.15, -0.1) is 0 Å². The minimum Gasteiger partial charge on any atom is -0.353 e. The fraction of sp³-hybridized carbons (Fsp3) is 0.941. The highest BCUT2D eigenvalue weighted by molar-refractivity contribution is 5.76. The summed E-state index contributed by atoms with van der Waals surface area (Å²) >= 11 is 0. The first kappa shape index (κ1) is 17.5. The maximum absolute atomic E-state index is 12.1. The SMILES string of the molecule is CC1CCC(NC(=O)CCC(CCN)C(C)C)C(C)C1. The minimum atomic E-state index is 0.235. The van der Waals surface area contributed by atoms with Crippen molar-refractivity contribution < 1.29 is 4.79 Å². The standard InChI is InChI=1S/C17H34N2O/c1-12(2)15(9-10-18)6-8-17(20)19-16-7-5-13(3)11-14(16)4/h12-16H,5-11,18H2,1-4H3,(H,19,20). The molecule has 4 atom stereocenters. The lowest BCUT2D eigenvalue weighted by Crippen LogP contribution is -2.42. The second-order valence-corrected chi connectivity index (χ2v) is 7.19. The van der Waals surface area contributed by atoms with Gasteiger partial charge in [-0.05, 0) is 62.3 Å². The fourth-order valence-electron chi connectivity index (χ4n) is 3.50. The molecule has 1 aliphatic carbocycles. The Balaban J connectivity index is 2.32. The first-order valence-electron chi connectivity index (χ1n) is 8.43. The van der Waals surface area contributed by atoms with Crippen molar-refractivity contribution in [2.24, 2.45) is 29.4 Å². The predicted molar refractivity (Wildman–Crippen MR) is 85.3 cm³/mol. The van der Waals surface area contributed by atoms with Gasteiger partial charge in [-0.25, -0.2) is 0 Å². The Bertz CT molecular complexity index is 291. The zero-order chi connectivity index (χ0) is 15.1. The van der Waals surface area contributed by atoms with Crippen LogP contribution in [0.4, 0.5) is 0 Å². The average molecular weight is 282 g/mol. The van der Waals surface area contributed by atoms with E-state index in [0.29, 0.717) is 30.2 Å². The van der Waals surface area contributed by atoms with Gasteiger partial charge < -0.3 is 11.1 Å². The molecule has 20 heavy (non-hydrogen) atoms. The Morgan fingerprint density at radius 1 is 1.25 bits per heavy atom. The van der Waals surface area contributed by atoms with Gasteiger partial charge in [-0.1, -0.05) is 27.7 Å². The van der Waals surface area contributed by atoms with Crippen molar-refractivity contribution in [2.75, 3.05) is 6.54 Å². The van der Waals surface area contributed by atoms with Crippen molar-refractivity contribution in [3.8, 4) is 0 Å². The number of nitrogens with one attached hydrogen (secondary N) is 1. The van der Waals surface area contributed by atoms with Crippen LogP contribution in [-0.2, 0) is 4.79 Å². The van der Waals surface area contributed by atoms with Gasteiger partial charge in [0.2, 0.25) is 5.91 Å². The number of amides is 1. The van der Waals surface area contributed by atoms with Gasteiger partial charge in [0.1, 0.15) is 0 Å². The summed E-state index contributed by atoms with van der Waals surface area (Å²) in [6.45, 7) is 9.76. The smallest absolute Gasteiger partial charge is 0.220 e. The van der Waals surface area contributed by atoms with Crippen LogP contribution in [0, 0.1) is 23.7 Å². The number of hydrogen-bond donors (Lipinski definition) is 2. The van der Waals surface area contributed by atoms with Gasteiger partial charge in [0.15, 0.2) is 0 Å². The summed E-state index contributed by atoms with van der Waals surface area (Å²) in [7, 11) is 0. The van der Waals surface area contributed by atoms with E-state index in [1.807, 2.05) is 0 Å². The van der Waals surface area contributed by atoms with E-state index in [9.17, 15) is 4.79 Å². The van der Waals surface area contributed by atoms with Crippen molar-refractivity contribution >= 4 is 5.91 Å². The highest BCUT2D eigenvalue weighted by Crippen LogP contribution is 2.28. The largest absolute Gasteiger partial charge is 0.353 e. The average Bonchev–Trinajstić information content (AvgIpc) is 2.37. The first-order chi connectivity index (χ1) is 9.43. The second-order valence-electron chi connectivity index (χ2n) is 7.19. The van der Waals surface area contributed by atoms with Crippen molar-refractivity contribution in [1.29, 1.82) is 0 Å². The van der Waals surface area contributed by atoms with Gasteiger partial charge in [0.05, 0.1) is 0 Å². The molecule has 1 rings (SSSR count). The first-order valence-corrected chi connectivity index (χ1v) is 8.43. The Morgan fingerprint density at radius 2 is 1.95 bits per heavy atom. The van der Waals surface area contributed by atoms with Crippen molar-refractivity contribution in [3.05, 3.63) is 0 Å². The summed E-state index contributed by atoms with van der Waals surface area (Å²) in [5.41, 5.74) is 5.65. The van der Waals surface area contributed by atoms with Gasteiger partial charge >= 0.3 is 0 Å². The predicted octanol–water partition coefficient (Wildman–Crippen LogP) is 3.33. The Hall–Kier alpha value is -0.570. The molecule has 1 saturated carbocycles. The van der Waals surface area contributed by atoms with Crippen LogP contribution in [0.15, 0.2) is 0 Å². The van der Waals surface area contributed by atoms with E-state index in [2.05, 4.69) is 33.0 Å². The summed E-state index contributed by atoms with van der Waals surface area (Å²) in [6.07, 6.45) is 6.29. The van der Waals surface area contributed by atoms with E-state index in [1.54, 1.807) is 0 Å². The highest BCUT2D eigenvalue weighted by Gasteiger charge is 2.26. The molecule has 0 radical (unpaired) electrons. The molecule has 0 heterocycles. The van der Waals surface area contributed by atoms with E-state index in [4.69, 9.17) is 5.73 Å². The molecule has 0 aromatic heterocycles. The van der Waals surface area contributed by atoms with Gasteiger partial charge in [0, 0.05) is 12.5 Å². The quantitative estimate of drug-likeness (QED) is 0.752. The number of nitrogens with two attached hydrogens (primary N) is 1. The van der Waals surface area contributed by atoms with Crippen LogP contribution < -0.4 is 11.1 Å². The van der Waals surface area contributed by atoms with E-state index >= 15 is 0 Å². The van der Waals surface area contributed by atoms with Crippen LogP contribution in [0.2, 0.25) is 0 Å². The number of hydrogen-bond acceptors (Lipinski definition) is 2. The Kier molecular flexibility index (Phi) is 7.57. The lowest BCUT2D eigenvalue weighted by molar-refractivity contribution is -0.122. The molecule has 1 aliphatic rings. The molecule has 3 heteroatoms. The summed E-state index contributed by atoms with van der Waals surface area (Å²) in [4.78, 5) is 12.1. The molecule has 118 valence electrons. The van der Waals surface area contributed by atoms with Gasteiger partial charge in [-0.2, -0.15) is 0 Å². The van der Waals surface area contributed by atoms with Gasteiger partial charge in [-0.3, -0.25) is 4.79 Å². The molecule has 3 nitrogen and oxygen atoms in total. The third-order valence-electron chi connectivity index (χ3n) is 5.00. The molecule has 4 unspecified atom stereocenters. The molecule has 0 aromatic carbocycles. The van der Waals surface area contributed by atoms with Crippen LogP contribution >= 0.6 is 0 Å². The number of rotatable bonds is 7. The summed E-state index contributed by atoms with van der Waals surface area (Å²) in [6, 6.07) is 0.394. The van der Waals surface area contributed by atoms with Crippen LogP contribution in [-0.4, -0.2) is 18.5 Å². The number of carbonyl (C=O) groups excluding carboxylic acids is 1. The summed E-state index contributed by atoms with van der Waals surface area (Å²) < 4.78 is 0. The monoisotopic (exact) mass is 282 g/mol. The molecular formula is C17H34N2O. The zero-order valence-electron chi connectivity index (χ0n) is 13.8. The van der Waals surface area contributed by atoms with Crippen molar-refractivity contribution in [3.63, 3.8) is 0 Å². The van der Waals surface area contributed by atoms with Crippen LogP contribution in [0.1, 0.15) is 66.2 Å². The normalized spacial score (nSPS) is 28.4. The lowest BCUT2D eigenvalue weighted by atomic mass is 9.80. The van der Waals surface area contributed by atoms with E-state index in [-0.39, 0.29) is 5.91 Å². The zero-order valence-corrected chi connectivity index (χ0v) is 13.8. The van der Waals surface area contributed by atoms with E-state index in [1.165, 1.54) is 12.8 Å². The third kappa shape index (κ3) is 5.82. The molecule has 0 aliphatic heterocycles. The van der Waals surface area contributed by atoms with E-state index < -0.39 is 0 Å². The fourth-order valence-corrected chi connectivity index (χ4v) is 3.50. The number of carbonyl (C=O) groups is 1. The van der Waals surface area contributed by atoms with Crippen LogP contribution in [0.5, 0.6) is 0 Å². The molecular weight excluding hydrogens is 248 g/mol. The minimum absolute atomic E-state index is 0.235. The molecule has 3 N–H and O–H groups in total. The third-order valence-corrected chi connectivity index (χ3v) is 5.00. The molecule has 1 amide bonds. The maximum atomic E-state index is 12.1. The van der Waals surface area contributed by atoms with Crippen LogP contribution in [0.25, 0.3) is 0 Å². The molecule has 1 fully saturated rings. The summed E-state index contributed by atoms with van der Waals surface area (Å²) in [5.74, 6) is 2.86. The second kappa shape index (κ2) is 8.66. The van der Waals surface area contributed by atoms with Crippen molar-refractivity contribution in [2.45, 2.75) is 72.3 Å². The molecule has 0 spiro atoms. The lowest BCUT2D eigenvalue weighted by Gasteiger charge is -2.33. The molecule has 0 saturated heterocycles. The van der Waals surface area contributed by atoms with E-state index in [0.717, 1.165) is 31.7 Å². The Labute approximate surface area is 125 Å². The van der Waals surface area contributed by atoms with Crippen molar-refractivity contribution in [1.82, 2.24) is 5.32 Å². The highest BCUT2D eigenvalue weighted by atomic mass is 16.1. The summed E-state index contributed by atoms with van der Waals surface area (Å²) in [5, 5.41) is 3.26. The van der Waals surface area contributed by atoms with Gasteiger partial charge in [0.25, 0.3) is 0 Å². The molecule has 0 aromatic rings. The molecule has 0 bridgehead atoms. The topological polar surface area (TPSA) is 55.1 Å². The maximum Gasteiger partial charge on any atom is 0.220 e.